The van der Waals surface area contributed by atoms with E-state index in [1.165, 1.54) is 0 Å². The van der Waals surface area contributed by atoms with Gasteiger partial charge in [0.15, 0.2) is 22.6 Å². The molecule has 1 aromatic heterocycles. The Morgan fingerprint density at radius 2 is 1.61 bits per heavy atom. The Hall–Kier alpha value is -3.01. The molecule has 0 N–H and O–H groups in total. The van der Waals surface area contributed by atoms with Gasteiger partial charge in [-0.25, -0.2) is 14.4 Å². The molecule has 116 valence electrons. The van der Waals surface area contributed by atoms with E-state index in [0.29, 0.717) is 10.8 Å². The van der Waals surface area contributed by atoms with Crippen molar-refractivity contribution in [3.8, 4) is 0 Å². The molecule has 3 rings (SSSR count). The number of aromatic nitrogens is 1. The van der Waals surface area contributed by atoms with Crippen LogP contribution in [0.15, 0.2) is 35.9 Å². The van der Waals surface area contributed by atoms with Gasteiger partial charge in [-0.2, -0.15) is 13.5 Å². The van der Waals surface area contributed by atoms with Crippen molar-refractivity contribution < 1.29 is 28.0 Å². The average Bonchev–Trinajstić information content (AvgIpc) is 2.77. The summed E-state index contributed by atoms with van der Waals surface area (Å²) in [6.45, 7) is 0. The topological polar surface area (TPSA) is 65.4 Å². The molecule has 1 aromatic carbocycles. The second kappa shape index (κ2) is 5.65. The number of hydrogen-bond donors (Lipinski definition) is 0. The van der Waals surface area contributed by atoms with Gasteiger partial charge in [-0.15, -0.1) is 0 Å². The van der Waals surface area contributed by atoms with Crippen LogP contribution in [0.2, 0.25) is 0 Å². The number of fused-ring (bicyclic) bond motifs is 1. The van der Waals surface area contributed by atoms with Gasteiger partial charge in [0.05, 0.1) is 5.92 Å². The zero-order valence-corrected chi connectivity index (χ0v) is 11.6. The zero-order chi connectivity index (χ0) is 16.6. The van der Waals surface area contributed by atoms with Crippen LogP contribution in [0.25, 0.3) is 10.8 Å². The Morgan fingerprint density at radius 3 is 2.04 bits per heavy atom. The molecular weight excluding hydrogens is 308 g/mol. The lowest BCUT2D eigenvalue weighted by atomic mass is 9.81. The van der Waals surface area contributed by atoms with Crippen molar-refractivity contribution in [2.45, 2.75) is 12.8 Å². The first kappa shape index (κ1) is 14.9. The van der Waals surface area contributed by atoms with Crippen molar-refractivity contribution >= 4 is 28.6 Å². The van der Waals surface area contributed by atoms with E-state index in [4.69, 9.17) is 4.84 Å². The van der Waals surface area contributed by atoms with Crippen molar-refractivity contribution in [1.29, 1.82) is 0 Å². The van der Waals surface area contributed by atoms with E-state index in [1.807, 2.05) is 0 Å². The number of nitrogens with zero attached hydrogens (tertiary/aromatic N) is 1. The molecule has 0 amide bonds. The van der Waals surface area contributed by atoms with Crippen molar-refractivity contribution in [1.82, 2.24) is 4.73 Å². The van der Waals surface area contributed by atoms with Crippen molar-refractivity contribution in [2.75, 3.05) is 0 Å². The predicted octanol–water partition coefficient (Wildman–Crippen LogP) is 0.163. The third-order valence-corrected chi connectivity index (χ3v) is 3.80. The van der Waals surface area contributed by atoms with E-state index in [1.54, 1.807) is 36.1 Å². The first-order valence-corrected chi connectivity index (χ1v) is 6.71. The number of benzene rings is 1. The number of carbonyl (C=O) groups is 1. The zero-order valence-electron chi connectivity index (χ0n) is 11.6. The van der Waals surface area contributed by atoms with Crippen LogP contribution < -0.4 is 15.5 Å². The minimum atomic E-state index is -1.79. The molecule has 0 spiro atoms. The standard InChI is InChI=1S/C16H9F2NO4/c17-15(18)9-5-10(6-9)16(22)23-19-13(7-20)11-3-1-2-4-12(11)14(19)8-21/h1-4,10H,5-6H2. The fraction of sp³-hybridized carbons (Fsp3) is 0.188. The van der Waals surface area contributed by atoms with Crippen LogP contribution in [0, 0.1) is 5.92 Å². The molecule has 1 heterocycles. The second-order valence-electron chi connectivity index (χ2n) is 5.12. The summed E-state index contributed by atoms with van der Waals surface area (Å²) in [5.41, 5.74) is -0.0889. The summed E-state index contributed by atoms with van der Waals surface area (Å²) in [6.07, 6.45) is -1.98. The summed E-state index contributed by atoms with van der Waals surface area (Å²) < 4.78 is 25.4. The van der Waals surface area contributed by atoms with Crippen molar-refractivity contribution in [2.24, 2.45) is 5.92 Å². The number of rotatable bonds is 2. The quantitative estimate of drug-likeness (QED) is 0.792. The van der Waals surface area contributed by atoms with E-state index in [9.17, 15) is 23.2 Å². The number of carbonyl (C=O) groups excluding carboxylic acids is 3. The molecule has 23 heavy (non-hydrogen) atoms. The normalized spacial score (nSPS) is 16.4. The Bertz CT molecular complexity index is 942. The Balaban J connectivity index is 2.02. The highest BCUT2D eigenvalue weighted by Crippen LogP contribution is 2.36. The Morgan fingerprint density at radius 1 is 1.09 bits per heavy atom. The SMILES string of the molecule is O=C=c1c2ccccc2c(=C=O)n1OC(=O)C1CC(=C(F)F)C1. The van der Waals surface area contributed by atoms with E-state index in [-0.39, 0.29) is 29.1 Å². The maximum Gasteiger partial charge on any atom is 0.336 e. The van der Waals surface area contributed by atoms with Gasteiger partial charge in [-0.3, -0.25) is 0 Å². The van der Waals surface area contributed by atoms with Crippen LogP contribution in [0.1, 0.15) is 12.8 Å². The summed E-state index contributed by atoms with van der Waals surface area (Å²) in [5.74, 6) is 1.74. The van der Waals surface area contributed by atoms with E-state index in [0.717, 1.165) is 4.73 Å². The highest BCUT2D eigenvalue weighted by molar-refractivity contribution is 5.88. The Labute approximate surface area is 127 Å². The summed E-state index contributed by atoms with van der Waals surface area (Å²) in [6, 6.07) is 6.45. The molecule has 1 aliphatic carbocycles. The average molecular weight is 317 g/mol. The maximum absolute atomic E-state index is 12.3. The largest absolute Gasteiger partial charge is 0.336 e. The molecule has 0 unspecified atom stereocenters. The molecule has 2 aromatic rings. The lowest BCUT2D eigenvalue weighted by Crippen LogP contribution is -2.41. The van der Waals surface area contributed by atoms with Gasteiger partial charge < -0.3 is 4.84 Å². The van der Waals surface area contributed by atoms with E-state index in [2.05, 4.69) is 0 Å². The fourth-order valence-corrected chi connectivity index (χ4v) is 2.53. The van der Waals surface area contributed by atoms with Crippen LogP contribution in [-0.4, -0.2) is 22.6 Å². The summed E-state index contributed by atoms with van der Waals surface area (Å²) in [7, 11) is 0. The molecule has 5 nitrogen and oxygen atoms in total. The van der Waals surface area contributed by atoms with Crippen LogP contribution in [0.5, 0.6) is 0 Å². The highest BCUT2D eigenvalue weighted by atomic mass is 19.3. The first-order chi connectivity index (χ1) is 11.1. The number of allylic oxidation sites excluding steroid dienone is 1. The fourth-order valence-electron chi connectivity index (χ4n) is 2.53. The minimum Gasteiger partial charge on any atom is -0.334 e. The molecular formula is C16H9F2NO4. The summed E-state index contributed by atoms with van der Waals surface area (Å²) >= 11 is 0. The smallest absolute Gasteiger partial charge is 0.334 e. The molecule has 1 saturated carbocycles. The summed E-state index contributed by atoms with van der Waals surface area (Å²) in [4.78, 5) is 39.4. The molecule has 0 aliphatic heterocycles. The van der Waals surface area contributed by atoms with Gasteiger partial charge in [-0.05, 0) is 18.4 Å². The van der Waals surface area contributed by atoms with Crippen LogP contribution in [-0.2, 0) is 14.4 Å². The second-order valence-corrected chi connectivity index (χ2v) is 5.12. The molecule has 7 heteroatoms. The molecule has 0 bridgehead atoms. The van der Waals surface area contributed by atoms with E-state index < -0.39 is 18.0 Å². The third kappa shape index (κ3) is 2.38. The van der Waals surface area contributed by atoms with Gasteiger partial charge in [0, 0.05) is 10.8 Å². The van der Waals surface area contributed by atoms with Gasteiger partial charge in [-0.1, -0.05) is 24.3 Å². The van der Waals surface area contributed by atoms with Crippen molar-refractivity contribution in [3.63, 3.8) is 0 Å². The number of halogens is 2. The van der Waals surface area contributed by atoms with Gasteiger partial charge in [0.2, 0.25) is 0 Å². The first-order valence-electron chi connectivity index (χ1n) is 6.71. The Kier molecular flexibility index (Phi) is 3.66. The molecule has 0 radical (unpaired) electrons. The molecule has 0 atom stereocenters. The monoisotopic (exact) mass is 317 g/mol. The van der Waals surface area contributed by atoms with Crippen LogP contribution in [0.3, 0.4) is 0 Å². The highest BCUT2D eigenvalue weighted by Gasteiger charge is 2.35. The van der Waals surface area contributed by atoms with Crippen LogP contribution >= 0.6 is 0 Å². The van der Waals surface area contributed by atoms with Crippen molar-refractivity contribution in [3.05, 3.63) is 46.6 Å². The van der Waals surface area contributed by atoms with Gasteiger partial charge in [0.1, 0.15) is 0 Å². The van der Waals surface area contributed by atoms with E-state index >= 15 is 0 Å². The van der Waals surface area contributed by atoms with Crippen LogP contribution in [0.4, 0.5) is 8.78 Å². The maximum atomic E-state index is 12.3. The molecule has 1 fully saturated rings. The number of hydrogen-bond acceptors (Lipinski definition) is 4. The summed E-state index contributed by atoms with van der Waals surface area (Å²) in [5, 5.41) is 0.522. The molecule has 1 aliphatic rings. The minimum absolute atomic E-state index is 0.0889. The van der Waals surface area contributed by atoms with Gasteiger partial charge >= 0.3 is 5.97 Å². The lowest BCUT2D eigenvalue weighted by Gasteiger charge is -2.25. The molecule has 0 saturated heterocycles. The third-order valence-electron chi connectivity index (χ3n) is 3.80. The predicted molar refractivity (Wildman–Crippen MR) is 74.3 cm³/mol. The lowest BCUT2D eigenvalue weighted by molar-refractivity contribution is -0.151. The van der Waals surface area contributed by atoms with Gasteiger partial charge in [0.25, 0.3) is 6.08 Å².